The number of aromatic nitrogens is 4. The number of nitrogen functional groups attached to an aromatic ring is 1. The van der Waals surface area contributed by atoms with Crippen LogP contribution in [0.3, 0.4) is 0 Å². The Balaban J connectivity index is 1.44. The number of fused-ring (bicyclic) bond motifs is 2. The van der Waals surface area contributed by atoms with Gasteiger partial charge in [-0.3, -0.25) is 0 Å². The average molecular weight is 507 g/mol. The first-order valence-electron chi connectivity index (χ1n) is 9.71. The molecule has 4 heterocycles. The fourth-order valence-corrected chi connectivity index (χ4v) is 5.35. The van der Waals surface area contributed by atoms with Crippen LogP contribution in [0.15, 0.2) is 33.0 Å². The number of anilines is 1. The maximum Gasteiger partial charge on any atom is 0.407 e. The summed E-state index contributed by atoms with van der Waals surface area (Å²) in [7, 11) is 0. The summed E-state index contributed by atoms with van der Waals surface area (Å²) in [5, 5.41) is 9.94. The number of imidazole rings is 1. The molecule has 1 atom stereocenters. The SMILES string of the molecule is Nc1ncnc2c1nc(Sc1cc3c(cc1Br)OCO3)n2CC[C@@H]1CCN(C(=O)O)C1. The van der Waals surface area contributed by atoms with Crippen LogP contribution < -0.4 is 15.2 Å². The molecule has 5 rings (SSSR count). The Morgan fingerprint density at radius 1 is 1.32 bits per heavy atom. The molecule has 0 radical (unpaired) electrons. The Labute approximate surface area is 189 Å². The number of carboxylic acid groups (broad SMARTS) is 1. The van der Waals surface area contributed by atoms with Gasteiger partial charge in [0.2, 0.25) is 6.79 Å². The molecule has 1 fully saturated rings. The lowest BCUT2D eigenvalue weighted by Gasteiger charge is -2.14. The van der Waals surface area contributed by atoms with Gasteiger partial charge >= 0.3 is 6.09 Å². The van der Waals surface area contributed by atoms with E-state index in [1.807, 2.05) is 16.7 Å². The smallest absolute Gasteiger partial charge is 0.407 e. The highest BCUT2D eigenvalue weighted by molar-refractivity contribution is 9.10. The van der Waals surface area contributed by atoms with E-state index < -0.39 is 6.09 Å². The molecule has 10 nitrogen and oxygen atoms in total. The number of aryl methyl sites for hydroxylation is 1. The summed E-state index contributed by atoms with van der Waals surface area (Å²) in [6, 6.07) is 3.79. The number of amides is 1. The Kier molecular flexibility index (Phi) is 5.26. The van der Waals surface area contributed by atoms with E-state index in [1.54, 1.807) is 0 Å². The van der Waals surface area contributed by atoms with Gasteiger partial charge in [0.05, 0.1) is 0 Å². The van der Waals surface area contributed by atoms with E-state index in [1.165, 1.54) is 23.0 Å². The Morgan fingerprint density at radius 2 is 2.13 bits per heavy atom. The highest BCUT2D eigenvalue weighted by Gasteiger charge is 2.27. The topological polar surface area (TPSA) is 129 Å². The van der Waals surface area contributed by atoms with Crippen LogP contribution in [0.5, 0.6) is 11.5 Å². The van der Waals surface area contributed by atoms with Crippen LogP contribution in [0.2, 0.25) is 0 Å². The zero-order valence-electron chi connectivity index (χ0n) is 16.3. The van der Waals surface area contributed by atoms with Gasteiger partial charge in [0.15, 0.2) is 33.6 Å². The maximum atomic E-state index is 11.2. The van der Waals surface area contributed by atoms with Crippen LogP contribution in [0.1, 0.15) is 12.8 Å². The third-order valence-corrected chi connectivity index (χ3v) is 7.44. The van der Waals surface area contributed by atoms with Gasteiger partial charge in [-0.15, -0.1) is 0 Å². The minimum absolute atomic E-state index is 0.204. The first kappa shape index (κ1) is 20.2. The van der Waals surface area contributed by atoms with Gasteiger partial charge in [0.1, 0.15) is 6.33 Å². The van der Waals surface area contributed by atoms with E-state index in [-0.39, 0.29) is 6.79 Å². The van der Waals surface area contributed by atoms with Gasteiger partial charge in [0.25, 0.3) is 0 Å². The molecular formula is C19H19BrN6O4S. The molecule has 0 unspecified atom stereocenters. The Hall–Kier alpha value is -2.73. The molecular weight excluding hydrogens is 488 g/mol. The van der Waals surface area contributed by atoms with Crippen LogP contribution >= 0.6 is 27.7 Å². The number of likely N-dealkylation sites (tertiary alicyclic amines) is 1. The molecule has 2 aliphatic rings. The van der Waals surface area contributed by atoms with E-state index in [2.05, 4.69) is 25.9 Å². The van der Waals surface area contributed by atoms with Crippen LogP contribution in [0.4, 0.5) is 10.6 Å². The lowest BCUT2D eigenvalue weighted by atomic mass is 10.1. The molecule has 0 spiro atoms. The molecule has 0 saturated carbocycles. The molecule has 1 aromatic carbocycles. The summed E-state index contributed by atoms with van der Waals surface area (Å²) in [5.41, 5.74) is 7.27. The van der Waals surface area contributed by atoms with Crippen molar-refractivity contribution in [2.75, 3.05) is 25.6 Å². The van der Waals surface area contributed by atoms with Crippen molar-refractivity contribution in [1.29, 1.82) is 0 Å². The lowest BCUT2D eigenvalue weighted by molar-refractivity contribution is 0.153. The van der Waals surface area contributed by atoms with E-state index in [9.17, 15) is 9.90 Å². The molecule has 1 amide bonds. The third-order valence-electron chi connectivity index (χ3n) is 5.47. The van der Waals surface area contributed by atoms with E-state index in [0.29, 0.717) is 54.0 Å². The second kappa shape index (κ2) is 8.08. The van der Waals surface area contributed by atoms with Crippen molar-refractivity contribution in [2.24, 2.45) is 5.92 Å². The monoisotopic (exact) mass is 506 g/mol. The van der Waals surface area contributed by atoms with Gasteiger partial charge in [-0.2, -0.15) is 0 Å². The van der Waals surface area contributed by atoms with Crippen LogP contribution in [-0.4, -0.2) is 55.5 Å². The number of hydrogen-bond donors (Lipinski definition) is 2. The maximum absolute atomic E-state index is 11.2. The van der Waals surface area contributed by atoms with Crippen molar-refractivity contribution < 1.29 is 19.4 Å². The predicted octanol–water partition coefficient (Wildman–Crippen LogP) is 3.44. The molecule has 12 heteroatoms. The number of hydrogen-bond acceptors (Lipinski definition) is 8. The zero-order valence-corrected chi connectivity index (χ0v) is 18.7. The number of nitrogens with zero attached hydrogens (tertiary/aromatic N) is 5. The van der Waals surface area contributed by atoms with E-state index in [0.717, 1.165) is 27.4 Å². The number of carbonyl (C=O) groups is 1. The van der Waals surface area contributed by atoms with Crippen LogP contribution in [-0.2, 0) is 6.54 Å². The van der Waals surface area contributed by atoms with Crippen molar-refractivity contribution in [3.05, 3.63) is 22.9 Å². The molecule has 3 N–H and O–H groups in total. The summed E-state index contributed by atoms with van der Waals surface area (Å²) >= 11 is 5.07. The first-order chi connectivity index (χ1) is 15.0. The summed E-state index contributed by atoms with van der Waals surface area (Å²) in [6.07, 6.45) is 2.24. The van der Waals surface area contributed by atoms with Crippen molar-refractivity contribution in [3.63, 3.8) is 0 Å². The lowest BCUT2D eigenvalue weighted by Crippen LogP contribution is -2.26. The molecule has 0 bridgehead atoms. The van der Waals surface area contributed by atoms with Gasteiger partial charge in [-0.25, -0.2) is 19.7 Å². The molecule has 2 aromatic heterocycles. The number of benzene rings is 1. The normalized spacial score (nSPS) is 17.6. The van der Waals surface area contributed by atoms with Gasteiger partial charge < -0.3 is 29.8 Å². The molecule has 31 heavy (non-hydrogen) atoms. The molecule has 3 aromatic rings. The van der Waals surface area contributed by atoms with Crippen LogP contribution in [0, 0.1) is 5.92 Å². The quantitative estimate of drug-likeness (QED) is 0.534. The van der Waals surface area contributed by atoms with Crippen molar-refractivity contribution in [2.45, 2.75) is 29.4 Å². The van der Waals surface area contributed by atoms with Crippen molar-refractivity contribution in [3.8, 4) is 11.5 Å². The summed E-state index contributed by atoms with van der Waals surface area (Å²) < 4.78 is 13.8. The predicted molar refractivity (Wildman–Crippen MR) is 116 cm³/mol. The average Bonchev–Trinajstić information content (AvgIpc) is 3.46. The van der Waals surface area contributed by atoms with Gasteiger partial charge in [0, 0.05) is 29.0 Å². The number of ether oxygens (including phenoxy) is 2. The summed E-state index contributed by atoms with van der Waals surface area (Å²) in [4.78, 5) is 26.8. The van der Waals surface area contributed by atoms with Gasteiger partial charge in [-0.1, -0.05) is 11.8 Å². The van der Waals surface area contributed by atoms with Gasteiger partial charge in [-0.05, 0) is 46.8 Å². The minimum atomic E-state index is -0.861. The van der Waals surface area contributed by atoms with E-state index >= 15 is 0 Å². The van der Waals surface area contributed by atoms with Crippen molar-refractivity contribution >= 4 is 50.8 Å². The first-order valence-corrected chi connectivity index (χ1v) is 11.3. The summed E-state index contributed by atoms with van der Waals surface area (Å²) in [5.74, 6) is 2.01. The van der Waals surface area contributed by atoms with Crippen molar-refractivity contribution in [1.82, 2.24) is 24.4 Å². The fraction of sp³-hybridized carbons (Fsp3) is 0.368. The third kappa shape index (κ3) is 3.85. The minimum Gasteiger partial charge on any atom is -0.465 e. The second-order valence-electron chi connectivity index (χ2n) is 7.39. The number of halogens is 1. The Morgan fingerprint density at radius 3 is 2.90 bits per heavy atom. The highest BCUT2D eigenvalue weighted by Crippen LogP contribution is 2.43. The standard InChI is InChI=1S/C19H19BrN6O4S/c20-11-5-12-13(30-9-29-12)6-14(11)31-18-24-15-16(21)22-8-23-17(15)26(18)4-2-10-1-3-25(7-10)19(27)28/h5-6,8,10H,1-4,7,9H2,(H,27,28)(H2,21,22,23)/t10-/m0/s1. The molecule has 2 aliphatic heterocycles. The van der Waals surface area contributed by atoms with Crippen LogP contribution in [0.25, 0.3) is 11.2 Å². The number of rotatable bonds is 5. The Bertz CT molecular complexity index is 1170. The highest BCUT2D eigenvalue weighted by atomic mass is 79.9. The zero-order chi connectivity index (χ0) is 21.5. The number of nitrogens with two attached hydrogens (primary N) is 1. The second-order valence-corrected chi connectivity index (χ2v) is 9.25. The fourth-order valence-electron chi connectivity index (χ4n) is 3.84. The van der Waals surface area contributed by atoms with E-state index in [4.69, 9.17) is 20.2 Å². The molecule has 162 valence electrons. The molecule has 0 aliphatic carbocycles. The largest absolute Gasteiger partial charge is 0.465 e. The summed E-state index contributed by atoms with van der Waals surface area (Å²) in [6.45, 7) is 1.98. The molecule has 1 saturated heterocycles.